The summed E-state index contributed by atoms with van der Waals surface area (Å²) in [4.78, 5) is 25.4. The number of hydrogen-bond donors (Lipinski definition) is 2. The van der Waals surface area contributed by atoms with E-state index in [4.69, 9.17) is 0 Å². The lowest BCUT2D eigenvalue weighted by Crippen LogP contribution is -2.57. The third kappa shape index (κ3) is 3.07. The van der Waals surface area contributed by atoms with Crippen LogP contribution in [-0.2, 0) is 4.79 Å². The lowest BCUT2D eigenvalue weighted by molar-refractivity contribution is -0.324. The first-order chi connectivity index (χ1) is 14.7. The molecule has 1 heterocycles. The molecule has 7 atom stereocenters. The fourth-order valence-electron chi connectivity index (χ4n) is 7.46. The highest BCUT2D eigenvalue weighted by atomic mass is 16.4. The maximum absolute atomic E-state index is 13.0. The molecular formula is C26H32NO4-. The van der Waals surface area contributed by atoms with Crippen molar-refractivity contribution >= 4 is 17.4 Å². The van der Waals surface area contributed by atoms with Gasteiger partial charge in [-0.3, -0.25) is 4.79 Å². The van der Waals surface area contributed by atoms with Crippen LogP contribution >= 0.6 is 0 Å². The lowest BCUT2D eigenvalue weighted by atomic mass is 9.44. The van der Waals surface area contributed by atoms with E-state index in [1.54, 1.807) is 0 Å². The summed E-state index contributed by atoms with van der Waals surface area (Å²) >= 11 is 0. The monoisotopic (exact) mass is 422 g/mol. The molecule has 2 N–H and O–H groups in total. The zero-order valence-corrected chi connectivity index (χ0v) is 18.4. The van der Waals surface area contributed by atoms with Gasteiger partial charge in [-0.2, -0.15) is 0 Å². The summed E-state index contributed by atoms with van der Waals surface area (Å²) in [5, 5.41) is 25.8. The topological polar surface area (TPSA) is 89.5 Å². The fraction of sp³-hybridized carbons (Fsp3) is 0.615. The average molecular weight is 423 g/mol. The predicted molar refractivity (Wildman–Crippen MR) is 116 cm³/mol. The molecule has 1 aromatic carbocycles. The molecule has 1 aliphatic heterocycles. The number of Topliss-reactive ketones (excluding diaryl/α,β-unsaturated/α-hetero) is 1. The van der Waals surface area contributed by atoms with E-state index >= 15 is 0 Å². The van der Waals surface area contributed by atoms with Crippen LogP contribution in [0.1, 0.15) is 69.2 Å². The highest BCUT2D eigenvalue weighted by molar-refractivity contribution is 6.18. The second-order valence-electron chi connectivity index (χ2n) is 10.8. The van der Waals surface area contributed by atoms with E-state index < -0.39 is 11.4 Å². The zero-order chi connectivity index (χ0) is 22.0. The van der Waals surface area contributed by atoms with E-state index in [0.717, 1.165) is 44.2 Å². The van der Waals surface area contributed by atoms with Crippen molar-refractivity contribution in [3.63, 3.8) is 0 Å². The van der Waals surface area contributed by atoms with Crippen molar-refractivity contribution in [1.82, 2.24) is 0 Å². The Balaban J connectivity index is 1.52. The van der Waals surface area contributed by atoms with Crippen LogP contribution in [0.2, 0.25) is 0 Å². The molecular weight excluding hydrogens is 390 g/mol. The number of para-hydroxylation sites is 1. The van der Waals surface area contributed by atoms with Crippen molar-refractivity contribution in [1.29, 1.82) is 0 Å². The van der Waals surface area contributed by atoms with Crippen molar-refractivity contribution in [3.8, 4) is 0 Å². The molecule has 3 saturated carbocycles. The molecule has 0 spiro atoms. The van der Waals surface area contributed by atoms with Gasteiger partial charge < -0.3 is 20.3 Å². The number of rotatable bonds is 2. The third-order valence-electron chi connectivity index (χ3n) is 9.39. The number of carbonyl (C=O) groups is 2. The number of fused-ring (bicyclic) bond motifs is 4. The standard InChI is InChI=1S/C26H33NO4/c1-25-11-9-16(28)13-15(25)7-8-17-19(25)10-12-26(2,24(30)31)20(17)14-22-23(29)18-5-3-4-6-21(18)27-22/h3-6,14-17,19-20,27-28H,7-13H2,1-2H3,(H,30,31)/p-1/b22-14+/t15-,16-,17+,19+,20-,25+,26+/m1/s1. The van der Waals surface area contributed by atoms with Crippen molar-refractivity contribution in [2.24, 2.45) is 34.5 Å². The Kier molecular flexibility index (Phi) is 4.81. The minimum absolute atomic E-state index is 0.0564. The summed E-state index contributed by atoms with van der Waals surface area (Å²) in [5.41, 5.74) is 1.09. The molecule has 4 aliphatic rings. The maximum Gasteiger partial charge on any atom is 0.210 e. The maximum atomic E-state index is 13.0. The number of hydrogen-bond acceptors (Lipinski definition) is 5. The number of benzene rings is 1. The van der Waals surface area contributed by atoms with Gasteiger partial charge in [0.2, 0.25) is 5.78 Å². The van der Waals surface area contributed by atoms with Gasteiger partial charge in [-0.1, -0.05) is 32.1 Å². The number of aliphatic carboxylic acids is 1. The Morgan fingerprint density at radius 1 is 1.16 bits per heavy atom. The van der Waals surface area contributed by atoms with Gasteiger partial charge >= 0.3 is 0 Å². The second-order valence-corrected chi connectivity index (χ2v) is 10.8. The normalized spacial score (nSPS) is 43.0. The molecule has 3 fully saturated rings. The number of ketones is 1. The van der Waals surface area contributed by atoms with Gasteiger partial charge in [-0.05, 0) is 86.2 Å². The first-order valence-electron chi connectivity index (χ1n) is 11.8. The minimum atomic E-state index is -1.01. The number of aliphatic hydroxyl groups is 1. The molecule has 5 heteroatoms. The zero-order valence-electron chi connectivity index (χ0n) is 18.4. The number of carboxylic acid groups (broad SMARTS) is 1. The minimum Gasteiger partial charge on any atom is -0.550 e. The van der Waals surface area contributed by atoms with E-state index in [-0.39, 0.29) is 29.1 Å². The second kappa shape index (κ2) is 7.19. The number of allylic oxidation sites excluding steroid dienone is 2. The Morgan fingerprint density at radius 2 is 1.94 bits per heavy atom. The average Bonchev–Trinajstić information content (AvgIpc) is 3.06. The van der Waals surface area contributed by atoms with Crippen molar-refractivity contribution in [2.75, 3.05) is 5.32 Å². The highest BCUT2D eigenvalue weighted by Gasteiger charge is 2.57. The molecule has 0 bridgehead atoms. The molecule has 0 saturated heterocycles. The summed E-state index contributed by atoms with van der Waals surface area (Å²) in [6.45, 7) is 4.17. The van der Waals surface area contributed by atoms with Gasteiger partial charge in [0, 0.05) is 22.6 Å². The smallest absolute Gasteiger partial charge is 0.210 e. The van der Waals surface area contributed by atoms with Crippen LogP contribution in [0, 0.1) is 34.5 Å². The van der Waals surface area contributed by atoms with Gasteiger partial charge in [0.1, 0.15) is 0 Å². The van der Waals surface area contributed by atoms with Crippen LogP contribution in [0.5, 0.6) is 0 Å². The Bertz CT molecular complexity index is 954. The van der Waals surface area contributed by atoms with Crippen LogP contribution in [-0.4, -0.2) is 23.0 Å². The Labute approximate surface area is 183 Å². The van der Waals surface area contributed by atoms with Crippen LogP contribution in [0.15, 0.2) is 36.0 Å². The molecule has 0 radical (unpaired) electrons. The quantitative estimate of drug-likeness (QED) is 0.712. The molecule has 31 heavy (non-hydrogen) atoms. The van der Waals surface area contributed by atoms with E-state index in [1.807, 2.05) is 37.3 Å². The molecule has 166 valence electrons. The van der Waals surface area contributed by atoms with Gasteiger partial charge in [-0.25, -0.2) is 0 Å². The predicted octanol–water partition coefficient (Wildman–Crippen LogP) is 3.54. The van der Waals surface area contributed by atoms with Gasteiger partial charge in [-0.15, -0.1) is 0 Å². The number of nitrogens with one attached hydrogen (secondary N) is 1. The van der Waals surface area contributed by atoms with Crippen molar-refractivity contribution < 1.29 is 19.8 Å². The molecule has 0 amide bonds. The van der Waals surface area contributed by atoms with Gasteiger partial charge in [0.05, 0.1) is 11.8 Å². The summed E-state index contributed by atoms with van der Waals surface area (Å²) < 4.78 is 0. The van der Waals surface area contributed by atoms with Gasteiger partial charge in [0.15, 0.2) is 0 Å². The van der Waals surface area contributed by atoms with Crippen molar-refractivity contribution in [2.45, 2.75) is 64.9 Å². The highest BCUT2D eigenvalue weighted by Crippen LogP contribution is 2.63. The summed E-state index contributed by atoms with van der Waals surface area (Å²) in [7, 11) is 0. The first-order valence-corrected chi connectivity index (χ1v) is 11.8. The van der Waals surface area contributed by atoms with Gasteiger partial charge in [0.25, 0.3) is 0 Å². The van der Waals surface area contributed by atoms with Crippen molar-refractivity contribution in [3.05, 3.63) is 41.6 Å². The number of aliphatic hydroxyl groups excluding tert-OH is 1. The molecule has 3 aliphatic carbocycles. The SMILES string of the molecule is C[C@]12CC[C@@H](O)C[C@H]1CC[C@@H]1[C@@H](/C=C3/Nc4ccccc4C3=O)[C@@](C)(C(=O)[O-])CC[C@@H]12. The van der Waals surface area contributed by atoms with Crippen LogP contribution in [0.3, 0.4) is 0 Å². The molecule has 1 aromatic rings. The number of carboxylic acids is 1. The van der Waals surface area contributed by atoms with E-state index in [9.17, 15) is 19.8 Å². The molecule has 0 unspecified atom stereocenters. The van der Waals surface area contributed by atoms with Crippen LogP contribution < -0.4 is 10.4 Å². The summed E-state index contributed by atoms with van der Waals surface area (Å²) in [6.07, 6.45) is 7.80. The summed E-state index contributed by atoms with van der Waals surface area (Å²) in [6, 6.07) is 7.44. The first kappa shape index (κ1) is 20.7. The molecule has 5 nitrogen and oxygen atoms in total. The number of carbonyl (C=O) groups excluding carboxylic acids is 2. The Morgan fingerprint density at radius 3 is 2.68 bits per heavy atom. The lowest BCUT2D eigenvalue weighted by Gasteiger charge is -2.61. The largest absolute Gasteiger partial charge is 0.550 e. The fourth-order valence-corrected chi connectivity index (χ4v) is 7.46. The molecule has 5 rings (SSSR count). The molecule has 0 aromatic heterocycles. The summed E-state index contributed by atoms with van der Waals surface area (Å²) in [5.74, 6) is -0.206. The van der Waals surface area contributed by atoms with E-state index in [1.165, 1.54) is 0 Å². The third-order valence-corrected chi connectivity index (χ3v) is 9.39. The van der Waals surface area contributed by atoms with E-state index in [0.29, 0.717) is 29.5 Å². The number of anilines is 1. The Hall–Kier alpha value is -2.14. The van der Waals surface area contributed by atoms with E-state index in [2.05, 4.69) is 12.2 Å². The van der Waals surface area contributed by atoms with Crippen LogP contribution in [0.4, 0.5) is 5.69 Å². The van der Waals surface area contributed by atoms with Crippen LogP contribution in [0.25, 0.3) is 0 Å².